The molecule has 0 bridgehead atoms. The lowest BCUT2D eigenvalue weighted by Gasteiger charge is -1.96. The summed E-state index contributed by atoms with van der Waals surface area (Å²) < 4.78 is 0. The van der Waals surface area contributed by atoms with Crippen molar-refractivity contribution in [2.75, 3.05) is 0 Å². The van der Waals surface area contributed by atoms with Crippen molar-refractivity contribution in [3.05, 3.63) is 0 Å². The Bertz CT molecular complexity index is 203. The van der Waals surface area contributed by atoms with E-state index in [4.69, 9.17) is 0 Å². The van der Waals surface area contributed by atoms with Gasteiger partial charge in [-0.2, -0.15) is 0 Å². The standard InChI is InChI=1S/C7H8N2O2/c10-4-8-6-1-2-7(3-6)9-5-11/h6-7H,1-3H2. The van der Waals surface area contributed by atoms with Crippen molar-refractivity contribution < 1.29 is 9.59 Å². The molecule has 2 unspecified atom stereocenters. The molecule has 4 nitrogen and oxygen atoms in total. The number of isocyanates is 2. The van der Waals surface area contributed by atoms with Crippen LogP contribution >= 0.6 is 0 Å². The van der Waals surface area contributed by atoms with E-state index in [-0.39, 0.29) is 12.1 Å². The molecule has 58 valence electrons. The Kier molecular flexibility index (Phi) is 2.73. The van der Waals surface area contributed by atoms with E-state index in [0.717, 1.165) is 12.8 Å². The minimum absolute atomic E-state index is 0.0228. The second-order valence-corrected chi connectivity index (χ2v) is 2.56. The van der Waals surface area contributed by atoms with Crippen LogP contribution in [0, 0.1) is 0 Å². The van der Waals surface area contributed by atoms with Gasteiger partial charge in [-0.05, 0) is 19.3 Å². The first kappa shape index (κ1) is 7.86. The van der Waals surface area contributed by atoms with Gasteiger partial charge >= 0.3 is 0 Å². The van der Waals surface area contributed by atoms with Gasteiger partial charge in [0, 0.05) is 0 Å². The summed E-state index contributed by atoms with van der Waals surface area (Å²) in [4.78, 5) is 26.8. The highest BCUT2D eigenvalue weighted by atomic mass is 16.1. The highest BCUT2D eigenvalue weighted by molar-refractivity contribution is 5.35. The summed E-state index contributed by atoms with van der Waals surface area (Å²) in [7, 11) is 0. The van der Waals surface area contributed by atoms with Gasteiger partial charge in [-0.25, -0.2) is 19.6 Å². The van der Waals surface area contributed by atoms with Crippen molar-refractivity contribution in [3.63, 3.8) is 0 Å². The zero-order chi connectivity index (χ0) is 8.10. The number of hydrogen-bond donors (Lipinski definition) is 0. The fourth-order valence-corrected chi connectivity index (χ4v) is 1.32. The molecule has 0 aromatic rings. The average molecular weight is 152 g/mol. The van der Waals surface area contributed by atoms with Crippen molar-refractivity contribution in [3.8, 4) is 0 Å². The lowest BCUT2D eigenvalue weighted by atomic mass is 10.2. The molecule has 11 heavy (non-hydrogen) atoms. The van der Waals surface area contributed by atoms with Gasteiger partial charge < -0.3 is 0 Å². The predicted molar refractivity (Wildman–Crippen MR) is 37.7 cm³/mol. The van der Waals surface area contributed by atoms with Crippen LogP contribution in [0.1, 0.15) is 19.3 Å². The van der Waals surface area contributed by atoms with Gasteiger partial charge in [0.05, 0.1) is 12.1 Å². The highest BCUT2D eigenvalue weighted by Gasteiger charge is 2.23. The molecule has 0 heterocycles. The van der Waals surface area contributed by atoms with Crippen LogP contribution in [0.15, 0.2) is 9.98 Å². The molecule has 0 N–H and O–H groups in total. The van der Waals surface area contributed by atoms with Crippen LogP contribution < -0.4 is 0 Å². The Labute approximate surface area is 64.0 Å². The number of hydrogen-bond acceptors (Lipinski definition) is 4. The highest BCUT2D eigenvalue weighted by Crippen LogP contribution is 2.23. The lowest BCUT2D eigenvalue weighted by molar-refractivity contribution is 0.552. The molecular weight excluding hydrogens is 144 g/mol. The van der Waals surface area contributed by atoms with E-state index < -0.39 is 0 Å². The first-order valence-electron chi connectivity index (χ1n) is 3.50. The molecule has 1 saturated carbocycles. The maximum Gasteiger partial charge on any atom is 0.235 e. The SMILES string of the molecule is O=C=NC1CCC(N=C=O)C1. The van der Waals surface area contributed by atoms with E-state index in [1.165, 1.54) is 12.2 Å². The third-order valence-corrected chi connectivity index (χ3v) is 1.85. The van der Waals surface area contributed by atoms with Crippen LogP contribution in [0.25, 0.3) is 0 Å². The minimum Gasteiger partial charge on any atom is -0.211 e. The topological polar surface area (TPSA) is 58.9 Å². The van der Waals surface area contributed by atoms with Crippen molar-refractivity contribution in [2.24, 2.45) is 9.98 Å². The summed E-state index contributed by atoms with van der Waals surface area (Å²) in [5.74, 6) is 0. The van der Waals surface area contributed by atoms with E-state index in [9.17, 15) is 9.59 Å². The largest absolute Gasteiger partial charge is 0.235 e. The molecule has 0 saturated heterocycles. The average Bonchev–Trinajstić information content (AvgIpc) is 2.38. The van der Waals surface area contributed by atoms with Gasteiger partial charge in [-0.3, -0.25) is 0 Å². The van der Waals surface area contributed by atoms with Crippen LogP contribution in [0.3, 0.4) is 0 Å². The fourth-order valence-electron chi connectivity index (χ4n) is 1.32. The van der Waals surface area contributed by atoms with Crippen LogP contribution in [0.5, 0.6) is 0 Å². The Morgan fingerprint density at radius 3 is 1.82 bits per heavy atom. The zero-order valence-electron chi connectivity index (χ0n) is 5.99. The van der Waals surface area contributed by atoms with Gasteiger partial charge in [0.1, 0.15) is 0 Å². The molecule has 0 radical (unpaired) electrons. The molecule has 1 rings (SSSR count). The van der Waals surface area contributed by atoms with Crippen molar-refractivity contribution in [2.45, 2.75) is 31.3 Å². The van der Waals surface area contributed by atoms with E-state index in [0.29, 0.717) is 6.42 Å². The quantitative estimate of drug-likeness (QED) is 0.429. The summed E-state index contributed by atoms with van der Waals surface area (Å²) >= 11 is 0. The van der Waals surface area contributed by atoms with Gasteiger partial charge in [-0.15, -0.1) is 0 Å². The summed E-state index contributed by atoms with van der Waals surface area (Å²) in [6, 6.07) is 0.0456. The molecular formula is C7H8N2O2. The van der Waals surface area contributed by atoms with Crippen LogP contribution in [-0.2, 0) is 9.59 Å². The maximum atomic E-state index is 9.83. The Morgan fingerprint density at radius 1 is 1.00 bits per heavy atom. The second kappa shape index (κ2) is 3.81. The Hall–Kier alpha value is -1.24. The molecule has 1 aliphatic carbocycles. The van der Waals surface area contributed by atoms with Gasteiger partial charge in [0.25, 0.3) is 0 Å². The molecule has 0 aromatic carbocycles. The number of aliphatic imine (C=N–C) groups is 2. The van der Waals surface area contributed by atoms with Gasteiger partial charge in [0.15, 0.2) is 0 Å². The minimum atomic E-state index is 0.0228. The monoisotopic (exact) mass is 152 g/mol. The van der Waals surface area contributed by atoms with Crippen LogP contribution in [0.2, 0.25) is 0 Å². The Balaban J connectivity index is 2.46. The molecule has 4 heteroatoms. The van der Waals surface area contributed by atoms with E-state index >= 15 is 0 Å². The van der Waals surface area contributed by atoms with E-state index in [1.54, 1.807) is 0 Å². The van der Waals surface area contributed by atoms with Gasteiger partial charge in [-0.1, -0.05) is 0 Å². The van der Waals surface area contributed by atoms with E-state index in [2.05, 4.69) is 9.98 Å². The van der Waals surface area contributed by atoms with Crippen molar-refractivity contribution in [1.29, 1.82) is 0 Å². The predicted octanol–water partition coefficient (Wildman–Crippen LogP) is 0.579. The summed E-state index contributed by atoms with van der Waals surface area (Å²) in [6.07, 6.45) is 5.35. The molecule has 0 aromatic heterocycles. The fraction of sp³-hybridized carbons (Fsp3) is 0.714. The van der Waals surface area contributed by atoms with Crippen LogP contribution in [-0.4, -0.2) is 24.2 Å². The third kappa shape index (κ3) is 2.11. The normalized spacial score (nSPS) is 28.7. The molecule has 2 atom stereocenters. The maximum absolute atomic E-state index is 9.83. The number of carbonyl (C=O) groups excluding carboxylic acids is 2. The van der Waals surface area contributed by atoms with Crippen LogP contribution in [0.4, 0.5) is 0 Å². The molecule has 0 spiro atoms. The third-order valence-electron chi connectivity index (χ3n) is 1.85. The van der Waals surface area contributed by atoms with Crippen molar-refractivity contribution >= 4 is 12.2 Å². The zero-order valence-corrected chi connectivity index (χ0v) is 5.99. The lowest BCUT2D eigenvalue weighted by Crippen LogP contribution is -2.00. The molecule has 1 aliphatic rings. The smallest absolute Gasteiger partial charge is 0.211 e. The summed E-state index contributed by atoms with van der Waals surface area (Å²) in [6.45, 7) is 0. The summed E-state index contributed by atoms with van der Waals surface area (Å²) in [5.41, 5.74) is 0. The van der Waals surface area contributed by atoms with E-state index in [1.807, 2.05) is 0 Å². The Morgan fingerprint density at radius 2 is 1.45 bits per heavy atom. The first-order valence-corrected chi connectivity index (χ1v) is 3.50. The molecule has 1 fully saturated rings. The first-order chi connectivity index (χ1) is 5.36. The second-order valence-electron chi connectivity index (χ2n) is 2.56. The number of nitrogens with zero attached hydrogens (tertiary/aromatic N) is 2. The molecule has 0 amide bonds. The van der Waals surface area contributed by atoms with Gasteiger partial charge in [0.2, 0.25) is 12.2 Å². The van der Waals surface area contributed by atoms with Crippen molar-refractivity contribution in [1.82, 2.24) is 0 Å². The summed E-state index contributed by atoms with van der Waals surface area (Å²) in [5, 5.41) is 0. The molecule has 0 aliphatic heterocycles. The number of rotatable bonds is 2.